The van der Waals surface area contributed by atoms with E-state index in [1.165, 1.54) is 16.5 Å². The van der Waals surface area contributed by atoms with Crippen molar-refractivity contribution in [3.8, 4) is 0 Å². The van der Waals surface area contributed by atoms with Crippen LogP contribution < -0.4 is 5.73 Å². The fourth-order valence-corrected chi connectivity index (χ4v) is 2.11. The summed E-state index contributed by atoms with van der Waals surface area (Å²) in [6, 6.07) is 6.30. The Hall–Kier alpha value is -1.28. The standard InChI is InChI=1S/C14H19NO/c1-9(2)6-11-12-7-10(3)4-5-13(12)16-14(11)8-15/h4-5,7,9H,6,8,15H2,1-3H3. The fraction of sp³-hybridized carbons (Fsp3) is 0.429. The van der Waals surface area contributed by atoms with Gasteiger partial charge in [0.25, 0.3) is 0 Å². The van der Waals surface area contributed by atoms with E-state index in [9.17, 15) is 0 Å². The Morgan fingerprint density at radius 3 is 2.69 bits per heavy atom. The first-order valence-corrected chi connectivity index (χ1v) is 5.82. The van der Waals surface area contributed by atoms with Crippen molar-refractivity contribution >= 4 is 11.0 Å². The Morgan fingerprint density at radius 1 is 1.31 bits per heavy atom. The normalized spacial score (nSPS) is 11.6. The van der Waals surface area contributed by atoms with Crippen LogP contribution in [0.25, 0.3) is 11.0 Å². The van der Waals surface area contributed by atoms with Crippen LogP contribution in [0.3, 0.4) is 0 Å². The molecule has 0 unspecified atom stereocenters. The van der Waals surface area contributed by atoms with Crippen molar-refractivity contribution in [2.45, 2.75) is 33.7 Å². The zero-order chi connectivity index (χ0) is 11.7. The summed E-state index contributed by atoms with van der Waals surface area (Å²) < 4.78 is 5.78. The molecule has 2 heteroatoms. The molecular formula is C14H19NO. The third-order valence-corrected chi connectivity index (χ3v) is 2.83. The van der Waals surface area contributed by atoms with Gasteiger partial charge in [-0.25, -0.2) is 0 Å². The van der Waals surface area contributed by atoms with Crippen LogP contribution in [-0.2, 0) is 13.0 Å². The molecule has 0 bridgehead atoms. The molecule has 1 aromatic carbocycles. The van der Waals surface area contributed by atoms with Crippen LogP contribution in [0.4, 0.5) is 0 Å². The molecule has 2 rings (SSSR count). The van der Waals surface area contributed by atoms with Crippen LogP contribution in [-0.4, -0.2) is 0 Å². The van der Waals surface area contributed by atoms with E-state index < -0.39 is 0 Å². The summed E-state index contributed by atoms with van der Waals surface area (Å²) in [5.41, 5.74) is 9.25. The van der Waals surface area contributed by atoms with E-state index in [1.807, 2.05) is 6.07 Å². The minimum absolute atomic E-state index is 0.482. The smallest absolute Gasteiger partial charge is 0.134 e. The molecule has 0 atom stereocenters. The Bertz CT molecular complexity index is 497. The molecule has 0 aliphatic carbocycles. The molecule has 2 nitrogen and oxygen atoms in total. The quantitative estimate of drug-likeness (QED) is 0.855. The second kappa shape index (κ2) is 4.30. The summed E-state index contributed by atoms with van der Waals surface area (Å²) in [5, 5.41) is 1.23. The molecule has 1 aromatic heterocycles. The van der Waals surface area contributed by atoms with Gasteiger partial charge in [0.15, 0.2) is 0 Å². The van der Waals surface area contributed by atoms with Crippen LogP contribution >= 0.6 is 0 Å². The molecule has 0 amide bonds. The molecule has 86 valence electrons. The van der Waals surface area contributed by atoms with Gasteiger partial charge in [-0.3, -0.25) is 0 Å². The largest absolute Gasteiger partial charge is 0.459 e. The molecule has 0 saturated carbocycles. The monoisotopic (exact) mass is 217 g/mol. The van der Waals surface area contributed by atoms with Crippen LogP contribution in [0, 0.1) is 12.8 Å². The third kappa shape index (κ3) is 1.98. The Labute approximate surface area is 96.4 Å². The van der Waals surface area contributed by atoms with Crippen LogP contribution in [0.1, 0.15) is 30.7 Å². The summed E-state index contributed by atoms with van der Waals surface area (Å²) in [5.74, 6) is 1.56. The molecule has 0 radical (unpaired) electrons. The van der Waals surface area contributed by atoms with Crippen molar-refractivity contribution in [2.75, 3.05) is 0 Å². The summed E-state index contributed by atoms with van der Waals surface area (Å²) in [6.45, 7) is 7.02. The Kier molecular flexibility index (Phi) is 3.01. The lowest BCUT2D eigenvalue weighted by Gasteiger charge is -2.04. The van der Waals surface area contributed by atoms with E-state index in [0.29, 0.717) is 12.5 Å². The predicted octanol–water partition coefficient (Wildman–Crippen LogP) is 3.40. The maximum atomic E-state index is 5.78. The number of fused-ring (bicyclic) bond motifs is 1. The average Bonchev–Trinajstić information content (AvgIpc) is 2.56. The number of hydrogen-bond acceptors (Lipinski definition) is 2. The molecule has 0 aliphatic rings. The van der Waals surface area contributed by atoms with Crippen LogP contribution in [0.15, 0.2) is 22.6 Å². The lowest BCUT2D eigenvalue weighted by Crippen LogP contribution is -2.01. The third-order valence-electron chi connectivity index (χ3n) is 2.83. The molecule has 16 heavy (non-hydrogen) atoms. The minimum atomic E-state index is 0.482. The maximum Gasteiger partial charge on any atom is 0.134 e. The number of hydrogen-bond donors (Lipinski definition) is 1. The van der Waals surface area contributed by atoms with Gasteiger partial charge in [-0.1, -0.05) is 25.5 Å². The second-order valence-electron chi connectivity index (χ2n) is 4.81. The minimum Gasteiger partial charge on any atom is -0.459 e. The predicted molar refractivity (Wildman–Crippen MR) is 67.4 cm³/mol. The Balaban J connectivity index is 2.60. The summed E-state index contributed by atoms with van der Waals surface area (Å²) in [4.78, 5) is 0. The number of aryl methyl sites for hydroxylation is 1. The molecular weight excluding hydrogens is 198 g/mol. The van der Waals surface area contributed by atoms with Gasteiger partial charge in [0.1, 0.15) is 11.3 Å². The number of nitrogens with two attached hydrogens (primary N) is 1. The highest BCUT2D eigenvalue weighted by Crippen LogP contribution is 2.28. The van der Waals surface area contributed by atoms with Gasteiger partial charge in [-0.15, -0.1) is 0 Å². The van der Waals surface area contributed by atoms with Gasteiger partial charge in [0.2, 0.25) is 0 Å². The molecule has 2 aromatic rings. The number of rotatable bonds is 3. The van der Waals surface area contributed by atoms with Crippen LogP contribution in [0.5, 0.6) is 0 Å². The highest BCUT2D eigenvalue weighted by atomic mass is 16.3. The lowest BCUT2D eigenvalue weighted by molar-refractivity contribution is 0.535. The molecule has 2 N–H and O–H groups in total. The van der Waals surface area contributed by atoms with Crippen LogP contribution in [0.2, 0.25) is 0 Å². The zero-order valence-corrected chi connectivity index (χ0v) is 10.2. The Morgan fingerprint density at radius 2 is 2.06 bits per heavy atom. The lowest BCUT2D eigenvalue weighted by atomic mass is 9.99. The maximum absolute atomic E-state index is 5.78. The highest BCUT2D eigenvalue weighted by molar-refractivity contribution is 5.83. The zero-order valence-electron chi connectivity index (χ0n) is 10.2. The molecule has 1 heterocycles. The van der Waals surface area contributed by atoms with E-state index in [4.69, 9.17) is 10.2 Å². The van der Waals surface area contributed by atoms with Crippen molar-refractivity contribution < 1.29 is 4.42 Å². The second-order valence-corrected chi connectivity index (χ2v) is 4.81. The van der Waals surface area contributed by atoms with E-state index in [2.05, 4.69) is 32.9 Å². The summed E-state index contributed by atoms with van der Waals surface area (Å²) >= 11 is 0. The van der Waals surface area contributed by atoms with Gasteiger partial charge in [0, 0.05) is 10.9 Å². The van der Waals surface area contributed by atoms with E-state index in [0.717, 1.165) is 17.8 Å². The topological polar surface area (TPSA) is 39.2 Å². The van der Waals surface area contributed by atoms with Gasteiger partial charge in [0.05, 0.1) is 6.54 Å². The van der Waals surface area contributed by atoms with Gasteiger partial charge in [-0.2, -0.15) is 0 Å². The van der Waals surface area contributed by atoms with E-state index >= 15 is 0 Å². The van der Waals surface area contributed by atoms with Crippen molar-refractivity contribution in [1.82, 2.24) is 0 Å². The van der Waals surface area contributed by atoms with E-state index in [1.54, 1.807) is 0 Å². The van der Waals surface area contributed by atoms with Crippen molar-refractivity contribution in [1.29, 1.82) is 0 Å². The van der Waals surface area contributed by atoms with E-state index in [-0.39, 0.29) is 0 Å². The first kappa shape index (κ1) is 11.2. The number of benzene rings is 1. The SMILES string of the molecule is Cc1ccc2oc(CN)c(CC(C)C)c2c1. The van der Waals surface area contributed by atoms with Crippen molar-refractivity contribution in [2.24, 2.45) is 11.7 Å². The molecule has 0 spiro atoms. The number of furan rings is 1. The van der Waals surface area contributed by atoms with Crippen molar-refractivity contribution in [3.63, 3.8) is 0 Å². The summed E-state index contributed by atoms with van der Waals surface area (Å²) in [6.07, 6.45) is 1.03. The van der Waals surface area contributed by atoms with Crippen molar-refractivity contribution in [3.05, 3.63) is 35.1 Å². The molecule has 0 fully saturated rings. The first-order chi connectivity index (χ1) is 7.61. The average molecular weight is 217 g/mol. The first-order valence-electron chi connectivity index (χ1n) is 5.82. The summed E-state index contributed by atoms with van der Waals surface area (Å²) in [7, 11) is 0. The van der Waals surface area contributed by atoms with Gasteiger partial charge >= 0.3 is 0 Å². The fourth-order valence-electron chi connectivity index (χ4n) is 2.11. The molecule has 0 aliphatic heterocycles. The van der Waals surface area contributed by atoms with Gasteiger partial charge in [-0.05, 0) is 31.4 Å². The highest BCUT2D eigenvalue weighted by Gasteiger charge is 2.13. The molecule has 0 saturated heterocycles. The van der Waals surface area contributed by atoms with Gasteiger partial charge < -0.3 is 10.2 Å².